The van der Waals surface area contributed by atoms with Gasteiger partial charge < -0.3 is 10.2 Å². The average molecular weight is 677 g/mol. The van der Waals surface area contributed by atoms with Crippen molar-refractivity contribution in [1.29, 1.82) is 0 Å². The molecule has 0 radical (unpaired) electrons. The van der Waals surface area contributed by atoms with Gasteiger partial charge in [0, 0.05) is 6.61 Å². The summed E-state index contributed by atoms with van der Waals surface area (Å²) in [4.78, 5) is 0. The van der Waals surface area contributed by atoms with Crippen molar-refractivity contribution < 1.29 is 10.2 Å². The molecule has 0 aromatic rings. The van der Waals surface area contributed by atoms with E-state index in [1.807, 2.05) is 6.08 Å². The topological polar surface area (TPSA) is 40.5 Å². The first-order valence-corrected chi connectivity index (χ1v) is 19.4. The maximum atomic E-state index is 8.96. The predicted octanol–water partition coefficient (Wildman–Crippen LogP) is 14.8. The van der Waals surface area contributed by atoms with Crippen molar-refractivity contribution in [2.75, 3.05) is 13.2 Å². The highest BCUT2D eigenvalue weighted by Crippen LogP contribution is 2.17. The second-order valence-corrected chi connectivity index (χ2v) is 14.5. The monoisotopic (exact) mass is 677 g/mol. The van der Waals surface area contributed by atoms with E-state index in [-0.39, 0.29) is 13.2 Å². The second kappa shape index (κ2) is 34.0. The summed E-state index contributed by atoms with van der Waals surface area (Å²) in [7, 11) is 0. The fourth-order valence-electron chi connectivity index (χ4n) is 5.38. The first-order valence-electron chi connectivity index (χ1n) is 19.4. The van der Waals surface area contributed by atoms with E-state index < -0.39 is 0 Å². The molecule has 0 fully saturated rings. The van der Waals surface area contributed by atoms with Crippen molar-refractivity contribution in [3.8, 4) is 0 Å². The predicted molar refractivity (Wildman–Crippen MR) is 223 cm³/mol. The van der Waals surface area contributed by atoms with Crippen LogP contribution in [0.3, 0.4) is 0 Å². The van der Waals surface area contributed by atoms with Crippen molar-refractivity contribution in [3.63, 3.8) is 0 Å². The van der Waals surface area contributed by atoms with Gasteiger partial charge in [0.25, 0.3) is 0 Å². The molecule has 0 atom stereocenters. The van der Waals surface area contributed by atoms with Crippen molar-refractivity contribution in [1.82, 2.24) is 0 Å². The molecule has 280 valence electrons. The van der Waals surface area contributed by atoms with Gasteiger partial charge in [-0.05, 0) is 179 Å². The molecule has 0 amide bonds. The Balaban J connectivity index is 0. The fourth-order valence-corrected chi connectivity index (χ4v) is 5.38. The summed E-state index contributed by atoms with van der Waals surface area (Å²) in [6.07, 6.45) is 39.7. The van der Waals surface area contributed by atoms with Gasteiger partial charge in [-0.1, -0.05) is 105 Å². The largest absolute Gasteiger partial charge is 0.397 e. The molecule has 0 saturated carbocycles. The minimum Gasteiger partial charge on any atom is -0.397 e. The molecule has 0 heterocycles. The van der Waals surface area contributed by atoms with Crippen LogP contribution in [0.15, 0.2) is 105 Å². The minimum atomic E-state index is 0.150. The Morgan fingerprint density at radius 1 is 0.306 bits per heavy atom. The number of allylic oxidation sites excluding steroid dienone is 17. The summed E-state index contributed by atoms with van der Waals surface area (Å²) in [5.41, 5.74) is 13.3. The van der Waals surface area contributed by atoms with E-state index in [2.05, 4.69) is 118 Å². The molecule has 0 aliphatic heterocycles. The molecule has 0 bridgehead atoms. The zero-order chi connectivity index (χ0) is 37.3. The molecule has 0 aromatic heterocycles. The second-order valence-electron chi connectivity index (χ2n) is 14.5. The standard InChI is InChI=1S/C45H74O.C2H6O/c1-37(2)19-11-20-38(3)21-12-22-39(4)23-13-24-40(5)25-14-26-41(6)27-15-28-42(7)29-16-30-43(8)31-17-32-44(9)33-18-34-45(10)35-36-46;1-2-3/h19,21,23,25,27,29,31,33,35,46H,11-18,20,22,24,26,28,30,32,34,36H2,1-10H3;3H,2H2,1H3/b38-21+,39-23+,40-25+,41-27+,42-29+,43-31+,44-33+,45-35+;. The van der Waals surface area contributed by atoms with Crippen LogP contribution in [0.5, 0.6) is 0 Å². The lowest BCUT2D eigenvalue weighted by atomic mass is 10.0. The van der Waals surface area contributed by atoms with E-state index in [0.717, 1.165) is 57.8 Å². The lowest BCUT2D eigenvalue weighted by Gasteiger charge is -2.04. The van der Waals surface area contributed by atoms with Gasteiger partial charge in [0.2, 0.25) is 0 Å². The number of hydrogen-bond acceptors (Lipinski definition) is 2. The van der Waals surface area contributed by atoms with Crippen LogP contribution in [0.2, 0.25) is 0 Å². The van der Waals surface area contributed by atoms with Crippen LogP contribution in [0.1, 0.15) is 179 Å². The first-order chi connectivity index (χ1) is 23.3. The zero-order valence-corrected chi connectivity index (χ0v) is 34.3. The Hall–Kier alpha value is -2.42. The van der Waals surface area contributed by atoms with Gasteiger partial charge in [0.1, 0.15) is 0 Å². The van der Waals surface area contributed by atoms with Gasteiger partial charge in [0.15, 0.2) is 0 Å². The molecular formula is C47H80O2. The third kappa shape index (κ3) is 36.7. The Bertz CT molecular complexity index is 1120. The Morgan fingerprint density at radius 2 is 0.469 bits per heavy atom. The van der Waals surface area contributed by atoms with Gasteiger partial charge in [-0.25, -0.2) is 0 Å². The Kier molecular flexibility index (Phi) is 33.8. The Labute approximate surface area is 306 Å². The quantitative estimate of drug-likeness (QED) is 0.0945. The van der Waals surface area contributed by atoms with Crippen molar-refractivity contribution in [2.45, 2.75) is 179 Å². The first kappa shape index (κ1) is 48.7. The van der Waals surface area contributed by atoms with E-state index >= 15 is 0 Å². The van der Waals surface area contributed by atoms with Crippen molar-refractivity contribution in [3.05, 3.63) is 105 Å². The summed E-state index contributed by atoms with van der Waals surface area (Å²) >= 11 is 0. The van der Waals surface area contributed by atoms with Gasteiger partial charge in [-0.2, -0.15) is 0 Å². The van der Waals surface area contributed by atoms with Crippen LogP contribution in [0.4, 0.5) is 0 Å². The SMILES string of the molecule is CC(C)=CCC/C(C)=C/CC/C(C)=C/CC/C(C)=C/CC/C(C)=C/CC/C(C)=C/CC/C(C)=C/CC/C(C)=C/CC/C(C)=C/CO.CCO. The molecule has 0 aliphatic carbocycles. The van der Waals surface area contributed by atoms with Crippen LogP contribution >= 0.6 is 0 Å². The van der Waals surface area contributed by atoms with Crippen LogP contribution in [-0.4, -0.2) is 23.4 Å². The van der Waals surface area contributed by atoms with Crippen LogP contribution in [0, 0.1) is 0 Å². The van der Waals surface area contributed by atoms with Gasteiger partial charge >= 0.3 is 0 Å². The molecule has 0 saturated heterocycles. The highest BCUT2D eigenvalue weighted by Gasteiger charge is 1.97. The summed E-state index contributed by atoms with van der Waals surface area (Å²) in [6, 6.07) is 0. The van der Waals surface area contributed by atoms with Crippen LogP contribution < -0.4 is 0 Å². The van der Waals surface area contributed by atoms with E-state index in [9.17, 15) is 0 Å². The van der Waals surface area contributed by atoms with Crippen LogP contribution in [0.25, 0.3) is 0 Å². The van der Waals surface area contributed by atoms with E-state index in [4.69, 9.17) is 10.2 Å². The van der Waals surface area contributed by atoms with Gasteiger partial charge in [-0.15, -0.1) is 0 Å². The van der Waals surface area contributed by atoms with Crippen molar-refractivity contribution >= 4 is 0 Å². The molecule has 0 rings (SSSR count). The molecule has 0 aromatic carbocycles. The highest BCUT2D eigenvalue weighted by molar-refractivity contribution is 5.10. The lowest BCUT2D eigenvalue weighted by molar-refractivity contribution is 0.318. The molecule has 0 unspecified atom stereocenters. The average Bonchev–Trinajstić information content (AvgIpc) is 3.01. The number of hydrogen-bond donors (Lipinski definition) is 2. The normalized spacial score (nSPS) is 14.2. The molecule has 0 aliphatic rings. The summed E-state index contributed by atoms with van der Waals surface area (Å²) < 4.78 is 0. The summed E-state index contributed by atoms with van der Waals surface area (Å²) in [5.74, 6) is 0. The van der Waals surface area contributed by atoms with Crippen molar-refractivity contribution in [2.24, 2.45) is 0 Å². The third-order valence-corrected chi connectivity index (χ3v) is 8.75. The molecule has 49 heavy (non-hydrogen) atoms. The molecular weight excluding hydrogens is 597 g/mol. The molecule has 2 nitrogen and oxygen atoms in total. The van der Waals surface area contributed by atoms with Gasteiger partial charge in [0.05, 0.1) is 6.61 Å². The molecule has 2 N–H and O–H groups in total. The Morgan fingerprint density at radius 3 is 0.633 bits per heavy atom. The fraction of sp³-hybridized carbons (Fsp3) is 0.617. The summed E-state index contributed by atoms with van der Waals surface area (Å²) in [5, 5.41) is 16.5. The van der Waals surface area contributed by atoms with E-state index in [1.165, 1.54) is 95.1 Å². The number of aliphatic hydroxyl groups is 2. The summed E-state index contributed by atoms with van der Waals surface area (Å²) in [6.45, 7) is 24.5. The maximum absolute atomic E-state index is 8.96. The molecule has 0 spiro atoms. The third-order valence-electron chi connectivity index (χ3n) is 8.75. The van der Waals surface area contributed by atoms with Crippen LogP contribution in [-0.2, 0) is 0 Å². The highest BCUT2D eigenvalue weighted by atomic mass is 16.3. The van der Waals surface area contributed by atoms with Gasteiger partial charge in [-0.3, -0.25) is 0 Å². The minimum absolute atomic E-state index is 0.150. The van der Waals surface area contributed by atoms with E-state index in [0.29, 0.717) is 0 Å². The smallest absolute Gasteiger partial charge is 0.0614 e. The molecule has 2 heteroatoms. The van der Waals surface area contributed by atoms with E-state index in [1.54, 1.807) is 6.92 Å². The number of rotatable bonds is 25. The number of aliphatic hydroxyl groups excluding tert-OH is 2. The lowest BCUT2D eigenvalue weighted by Crippen LogP contribution is -1.84. The zero-order valence-electron chi connectivity index (χ0n) is 34.3. The maximum Gasteiger partial charge on any atom is 0.0614 e.